The lowest BCUT2D eigenvalue weighted by Crippen LogP contribution is -2.40. The zero-order valence-corrected chi connectivity index (χ0v) is 13.0. The molecule has 0 spiro atoms. The summed E-state index contributed by atoms with van der Waals surface area (Å²) in [6.07, 6.45) is 3.34. The predicted molar refractivity (Wildman–Crippen MR) is 84.2 cm³/mol. The van der Waals surface area contributed by atoms with Gasteiger partial charge in [-0.2, -0.15) is 0 Å². The number of rotatable bonds is 8. The van der Waals surface area contributed by atoms with Crippen molar-refractivity contribution < 1.29 is 4.79 Å². The van der Waals surface area contributed by atoms with E-state index in [-0.39, 0.29) is 18.0 Å². The fourth-order valence-electron chi connectivity index (χ4n) is 2.30. The standard InChI is InChI=1S/C17H28N2O/c1-4-9-16(18)12-17(20)19(14(3)5-2)13-15-10-7-6-8-11-15/h6-8,10-11,14,16H,4-5,9,12-13,18H2,1-3H3. The first-order valence-corrected chi connectivity index (χ1v) is 7.67. The number of carbonyl (C=O) groups excluding carboxylic acids is 1. The maximum Gasteiger partial charge on any atom is 0.224 e. The van der Waals surface area contributed by atoms with Gasteiger partial charge in [0.1, 0.15) is 0 Å². The summed E-state index contributed by atoms with van der Waals surface area (Å²) in [7, 11) is 0. The van der Waals surface area contributed by atoms with Gasteiger partial charge < -0.3 is 10.6 Å². The van der Waals surface area contributed by atoms with Crippen molar-refractivity contribution in [2.24, 2.45) is 5.73 Å². The van der Waals surface area contributed by atoms with Crippen LogP contribution in [0.1, 0.15) is 52.0 Å². The third-order valence-electron chi connectivity index (χ3n) is 3.74. The highest BCUT2D eigenvalue weighted by Crippen LogP contribution is 2.13. The van der Waals surface area contributed by atoms with Crippen molar-refractivity contribution in [2.45, 2.75) is 65.1 Å². The van der Waals surface area contributed by atoms with Crippen LogP contribution in [0.3, 0.4) is 0 Å². The summed E-state index contributed by atoms with van der Waals surface area (Å²) >= 11 is 0. The van der Waals surface area contributed by atoms with Crippen LogP contribution in [0.2, 0.25) is 0 Å². The molecule has 2 atom stereocenters. The van der Waals surface area contributed by atoms with Crippen molar-refractivity contribution in [3.63, 3.8) is 0 Å². The smallest absolute Gasteiger partial charge is 0.224 e. The minimum atomic E-state index is -0.0187. The number of hydrogen-bond donors (Lipinski definition) is 1. The van der Waals surface area contributed by atoms with Crippen molar-refractivity contribution in [3.8, 4) is 0 Å². The highest BCUT2D eigenvalue weighted by atomic mass is 16.2. The monoisotopic (exact) mass is 276 g/mol. The molecule has 1 aromatic carbocycles. The molecule has 0 heterocycles. The van der Waals surface area contributed by atoms with Crippen LogP contribution in [0.5, 0.6) is 0 Å². The molecule has 2 unspecified atom stereocenters. The first-order chi connectivity index (χ1) is 9.58. The molecular formula is C17H28N2O. The largest absolute Gasteiger partial charge is 0.336 e. The first kappa shape index (κ1) is 16.7. The molecule has 0 aliphatic carbocycles. The molecule has 0 saturated carbocycles. The molecule has 0 aromatic heterocycles. The van der Waals surface area contributed by atoms with Crippen molar-refractivity contribution in [1.29, 1.82) is 0 Å². The zero-order chi connectivity index (χ0) is 15.0. The summed E-state index contributed by atoms with van der Waals surface area (Å²) in [4.78, 5) is 14.4. The summed E-state index contributed by atoms with van der Waals surface area (Å²) < 4.78 is 0. The fraction of sp³-hybridized carbons (Fsp3) is 0.588. The minimum absolute atomic E-state index is 0.0187. The van der Waals surface area contributed by atoms with Crippen molar-refractivity contribution in [3.05, 3.63) is 35.9 Å². The highest BCUT2D eigenvalue weighted by molar-refractivity contribution is 5.77. The molecule has 112 valence electrons. The van der Waals surface area contributed by atoms with E-state index in [1.165, 1.54) is 5.56 Å². The molecule has 0 radical (unpaired) electrons. The number of hydrogen-bond acceptors (Lipinski definition) is 2. The van der Waals surface area contributed by atoms with E-state index in [1.54, 1.807) is 0 Å². The van der Waals surface area contributed by atoms with E-state index in [0.717, 1.165) is 19.3 Å². The average Bonchev–Trinajstić information content (AvgIpc) is 2.45. The van der Waals surface area contributed by atoms with Gasteiger partial charge >= 0.3 is 0 Å². The van der Waals surface area contributed by atoms with Crippen molar-refractivity contribution >= 4 is 5.91 Å². The van der Waals surface area contributed by atoms with Crippen LogP contribution in [0.15, 0.2) is 30.3 Å². The predicted octanol–water partition coefficient (Wildman–Crippen LogP) is 3.33. The Bertz CT molecular complexity index is 391. The van der Waals surface area contributed by atoms with Crippen LogP contribution >= 0.6 is 0 Å². The Morgan fingerprint density at radius 2 is 1.90 bits per heavy atom. The van der Waals surface area contributed by atoms with E-state index >= 15 is 0 Å². The van der Waals surface area contributed by atoms with Crippen molar-refractivity contribution in [2.75, 3.05) is 0 Å². The van der Waals surface area contributed by atoms with Gasteiger partial charge in [-0.05, 0) is 25.3 Å². The molecular weight excluding hydrogens is 248 g/mol. The number of nitrogens with two attached hydrogens (primary N) is 1. The lowest BCUT2D eigenvalue weighted by Gasteiger charge is -2.30. The van der Waals surface area contributed by atoms with Gasteiger partial charge in [0, 0.05) is 25.0 Å². The van der Waals surface area contributed by atoms with Crippen LogP contribution in [0.4, 0.5) is 0 Å². The molecule has 3 nitrogen and oxygen atoms in total. The molecule has 3 heteroatoms. The van der Waals surface area contributed by atoms with E-state index in [1.807, 2.05) is 23.1 Å². The molecule has 2 N–H and O–H groups in total. The second-order valence-electron chi connectivity index (χ2n) is 5.52. The Labute approximate surface area is 123 Å². The van der Waals surface area contributed by atoms with Crippen LogP contribution in [-0.2, 0) is 11.3 Å². The van der Waals surface area contributed by atoms with Gasteiger partial charge in [0.2, 0.25) is 5.91 Å². The summed E-state index contributed by atoms with van der Waals surface area (Å²) in [5, 5.41) is 0. The van der Waals surface area contributed by atoms with Crippen LogP contribution in [-0.4, -0.2) is 22.9 Å². The number of carbonyl (C=O) groups is 1. The molecule has 1 amide bonds. The normalized spacial score (nSPS) is 13.8. The van der Waals surface area contributed by atoms with Gasteiger partial charge in [-0.3, -0.25) is 4.79 Å². The number of amides is 1. The second-order valence-corrected chi connectivity index (χ2v) is 5.52. The van der Waals surface area contributed by atoms with Crippen molar-refractivity contribution in [1.82, 2.24) is 4.90 Å². The van der Waals surface area contributed by atoms with E-state index in [4.69, 9.17) is 5.73 Å². The molecule has 1 aromatic rings. The molecule has 0 bridgehead atoms. The maximum absolute atomic E-state index is 12.5. The number of nitrogens with zero attached hydrogens (tertiary/aromatic N) is 1. The summed E-state index contributed by atoms with van der Waals surface area (Å²) in [5.74, 6) is 0.171. The lowest BCUT2D eigenvalue weighted by molar-refractivity contribution is -0.134. The Balaban J connectivity index is 2.71. The second kappa shape index (κ2) is 8.75. The molecule has 0 fully saturated rings. The molecule has 0 saturated heterocycles. The Morgan fingerprint density at radius 1 is 1.25 bits per heavy atom. The van der Waals surface area contributed by atoms with Crippen LogP contribution in [0.25, 0.3) is 0 Å². The highest BCUT2D eigenvalue weighted by Gasteiger charge is 2.20. The maximum atomic E-state index is 12.5. The topological polar surface area (TPSA) is 46.3 Å². The lowest BCUT2D eigenvalue weighted by atomic mass is 10.1. The van der Waals surface area contributed by atoms with Crippen LogP contribution < -0.4 is 5.73 Å². The van der Waals surface area contributed by atoms with E-state index in [9.17, 15) is 4.79 Å². The molecule has 1 rings (SSSR count). The fourth-order valence-corrected chi connectivity index (χ4v) is 2.30. The average molecular weight is 276 g/mol. The number of benzene rings is 1. The van der Waals surface area contributed by atoms with Gasteiger partial charge in [-0.15, -0.1) is 0 Å². The zero-order valence-electron chi connectivity index (χ0n) is 13.0. The summed E-state index contributed by atoms with van der Waals surface area (Å²) in [6, 6.07) is 10.4. The third-order valence-corrected chi connectivity index (χ3v) is 3.74. The van der Waals surface area contributed by atoms with Gasteiger partial charge in [0.15, 0.2) is 0 Å². The Morgan fingerprint density at radius 3 is 2.45 bits per heavy atom. The molecule has 0 aliphatic rings. The molecule has 20 heavy (non-hydrogen) atoms. The van der Waals surface area contributed by atoms with E-state index in [0.29, 0.717) is 13.0 Å². The minimum Gasteiger partial charge on any atom is -0.336 e. The van der Waals surface area contributed by atoms with Gasteiger partial charge in [-0.1, -0.05) is 50.6 Å². The van der Waals surface area contributed by atoms with Gasteiger partial charge in [0.05, 0.1) is 0 Å². The summed E-state index contributed by atoms with van der Waals surface area (Å²) in [6.45, 7) is 6.99. The molecule has 0 aliphatic heterocycles. The third kappa shape index (κ3) is 5.33. The Kier molecular flexibility index (Phi) is 7.31. The summed E-state index contributed by atoms with van der Waals surface area (Å²) in [5.41, 5.74) is 7.18. The van der Waals surface area contributed by atoms with E-state index < -0.39 is 0 Å². The van der Waals surface area contributed by atoms with Crippen LogP contribution in [0, 0.1) is 0 Å². The quantitative estimate of drug-likeness (QED) is 0.791. The first-order valence-electron chi connectivity index (χ1n) is 7.67. The van der Waals surface area contributed by atoms with Gasteiger partial charge in [-0.25, -0.2) is 0 Å². The Hall–Kier alpha value is -1.35. The van der Waals surface area contributed by atoms with Gasteiger partial charge in [0.25, 0.3) is 0 Å². The SMILES string of the molecule is CCCC(N)CC(=O)N(Cc1ccccc1)C(C)CC. The van der Waals surface area contributed by atoms with E-state index in [2.05, 4.69) is 32.9 Å².